The first-order chi connectivity index (χ1) is 9.06. The highest BCUT2D eigenvalue weighted by molar-refractivity contribution is 8.00. The molecule has 104 valence electrons. The van der Waals surface area contributed by atoms with E-state index in [1.807, 2.05) is 11.8 Å². The smallest absolute Gasteiger partial charge is 0.221 e. The van der Waals surface area contributed by atoms with Crippen molar-refractivity contribution in [2.75, 3.05) is 16.4 Å². The van der Waals surface area contributed by atoms with E-state index < -0.39 is 0 Å². The third-order valence-electron chi connectivity index (χ3n) is 3.23. The van der Waals surface area contributed by atoms with Crippen LogP contribution in [0.2, 0.25) is 0 Å². The van der Waals surface area contributed by atoms with Gasteiger partial charge in [-0.25, -0.2) is 4.39 Å². The van der Waals surface area contributed by atoms with Crippen molar-refractivity contribution in [2.24, 2.45) is 0 Å². The summed E-state index contributed by atoms with van der Waals surface area (Å²) in [5.41, 5.74) is 1.08. The maximum Gasteiger partial charge on any atom is 0.221 e. The minimum Gasteiger partial charge on any atom is -0.379 e. The molecule has 0 aromatic heterocycles. The highest BCUT2D eigenvalue weighted by Gasteiger charge is 2.22. The van der Waals surface area contributed by atoms with Gasteiger partial charge in [0.05, 0.1) is 5.69 Å². The fraction of sp³-hybridized carbons (Fsp3) is 0.500. The van der Waals surface area contributed by atoms with Crippen LogP contribution in [0.15, 0.2) is 18.2 Å². The zero-order valence-electron chi connectivity index (χ0n) is 11.2. The van der Waals surface area contributed by atoms with Gasteiger partial charge in [0.25, 0.3) is 0 Å². The highest BCUT2D eigenvalue weighted by atomic mass is 32.2. The van der Waals surface area contributed by atoms with Gasteiger partial charge in [-0.1, -0.05) is 6.92 Å². The molecule has 1 aromatic rings. The summed E-state index contributed by atoms with van der Waals surface area (Å²) in [4.78, 5) is 11.0. The van der Waals surface area contributed by atoms with Crippen LogP contribution in [-0.2, 0) is 4.79 Å². The van der Waals surface area contributed by atoms with Crippen molar-refractivity contribution in [2.45, 2.75) is 38.0 Å². The third kappa shape index (κ3) is 3.86. The Labute approximate surface area is 117 Å². The van der Waals surface area contributed by atoms with Crippen molar-refractivity contribution in [3.8, 4) is 0 Å². The maximum absolute atomic E-state index is 13.8. The zero-order chi connectivity index (χ0) is 13.8. The number of benzene rings is 1. The summed E-state index contributed by atoms with van der Waals surface area (Å²) < 4.78 is 13.8. The van der Waals surface area contributed by atoms with Crippen LogP contribution in [0.5, 0.6) is 0 Å². The molecule has 3 nitrogen and oxygen atoms in total. The largest absolute Gasteiger partial charge is 0.379 e. The molecule has 19 heavy (non-hydrogen) atoms. The van der Waals surface area contributed by atoms with Gasteiger partial charge in [-0.2, -0.15) is 11.8 Å². The molecule has 2 atom stereocenters. The molecular weight excluding hydrogens is 263 g/mol. The molecule has 0 spiro atoms. The lowest BCUT2D eigenvalue weighted by molar-refractivity contribution is -0.114. The predicted octanol–water partition coefficient (Wildman–Crippen LogP) is 3.48. The molecule has 2 N–H and O–H groups in total. The van der Waals surface area contributed by atoms with E-state index in [2.05, 4.69) is 17.6 Å². The van der Waals surface area contributed by atoms with Gasteiger partial charge in [0.15, 0.2) is 0 Å². The van der Waals surface area contributed by atoms with E-state index in [-0.39, 0.29) is 17.8 Å². The number of amides is 1. The van der Waals surface area contributed by atoms with Crippen molar-refractivity contribution in [3.05, 3.63) is 24.0 Å². The molecular formula is C14H19FN2OS. The molecule has 0 saturated carbocycles. The Hall–Kier alpha value is -1.23. The van der Waals surface area contributed by atoms with E-state index in [0.29, 0.717) is 16.6 Å². The van der Waals surface area contributed by atoms with Gasteiger partial charge in [0.1, 0.15) is 5.82 Å². The van der Waals surface area contributed by atoms with Gasteiger partial charge in [-0.05, 0) is 36.8 Å². The van der Waals surface area contributed by atoms with Gasteiger partial charge in [-0.3, -0.25) is 4.79 Å². The van der Waals surface area contributed by atoms with Gasteiger partial charge >= 0.3 is 0 Å². The van der Waals surface area contributed by atoms with Crippen LogP contribution >= 0.6 is 11.8 Å². The lowest BCUT2D eigenvalue weighted by Gasteiger charge is -2.30. The van der Waals surface area contributed by atoms with E-state index >= 15 is 0 Å². The monoisotopic (exact) mass is 282 g/mol. The van der Waals surface area contributed by atoms with Gasteiger partial charge in [0, 0.05) is 23.9 Å². The minimum absolute atomic E-state index is 0.154. The van der Waals surface area contributed by atoms with Crippen molar-refractivity contribution in [1.82, 2.24) is 0 Å². The van der Waals surface area contributed by atoms with Crippen LogP contribution in [0.1, 0.15) is 26.7 Å². The second-order valence-corrected chi connectivity index (χ2v) is 6.33. The summed E-state index contributed by atoms with van der Waals surface area (Å²) in [6.45, 7) is 3.60. The van der Waals surface area contributed by atoms with Crippen LogP contribution in [0.3, 0.4) is 0 Å². The van der Waals surface area contributed by atoms with E-state index in [4.69, 9.17) is 0 Å². The fourth-order valence-corrected chi connectivity index (χ4v) is 3.37. The van der Waals surface area contributed by atoms with Crippen LogP contribution in [-0.4, -0.2) is 23.0 Å². The first kappa shape index (κ1) is 14.2. The molecule has 0 aliphatic carbocycles. The van der Waals surface area contributed by atoms with Gasteiger partial charge in [-0.15, -0.1) is 0 Å². The Morgan fingerprint density at radius 1 is 1.47 bits per heavy atom. The second kappa shape index (κ2) is 6.28. The Morgan fingerprint density at radius 3 is 2.95 bits per heavy atom. The van der Waals surface area contributed by atoms with Crippen LogP contribution in [0.25, 0.3) is 0 Å². The quantitative estimate of drug-likeness (QED) is 0.891. The SMILES string of the molecule is CC(=O)Nc1ccc(F)c(NC2CCCSC2C)c1. The number of carbonyl (C=O) groups excluding carboxylic acids is 1. The molecule has 5 heteroatoms. The topological polar surface area (TPSA) is 41.1 Å². The van der Waals surface area contributed by atoms with Crippen LogP contribution in [0, 0.1) is 5.82 Å². The second-order valence-electron chi connectivity index (χ2n) is 4.84. The molecule has 0 bridgehead atoms. The lowest BCUT2D eigenvalue weighted by Crippen LogP contribution is -2.33. The molecule has 1 saturated heterocycles. The van der Waals surface area contributed by atoms with E-state index in [1.165, 1.54) is 18.7 Å². The number of anilines is 2. The number of halogens is 1. The van der Waals surface area contributed by atoms with Crippen LogP contribution in [0.4, 0.5) is 15.8 Å². The van der Waals surface area contributed by atoms with Crippen molar-refractivity contribution in [3.63, 3.8) is 0 Å². The minimum atomic E-state index is -0.281. The maximum atomic E-state index is 13.8. The number of rotatable bonds is 3. The zero-order valence-corrected chi connectivity index (χ0v) is 12.0. The number of carbonyl (C=O) groups is 1. The molecule has 1 aliphatic heterocycles. The van der Waals surface area contributed by atoms with E-state index in [0.717, 1.165) is 12.8 Å². The molecule has 1 amide bonds. The van der Waals surface area contributed by atoms with Crippen molar-refractivity contribution in [1.29, 1.82) is 0 Å². The van der Waals surface area contributed by atoms with Gasteiger partial charge < -0.3 is 10.6 Å². The normalized spacial score (nSPS) is 22.9. The van der Waals surface area contributed by atoms with E-state index in [9.17, 15) is 9.18 Å². The lowest BCUT2D eigenvalue weighted by atomic mass is 10.1. The highest BCUT2D eigenvalue weighted by Crippen LogP contribution is 2.29. The summed E-state index contributed by atoms with van der Waals surface area (Å²) in [5, 5.41) is 6.41. The molecule has 2 unspecified atom stereocenters. The summed E-state index contributed by atoms with van der Waals surface area (Å²) in [6, 6.07) is 4.89. The van der Waals surface area contributed by atoms with Gasteiger partial charge in [0.2, 0.25) is 5.91 Å². The molecule has 1 aliphatic rings. The molecule has 1 heterocycles. The molecule has 1 aromatic carbocycles. The Morgan fingerprint density at radius 2 is 2.26 bits per heavy atom. The Balaban J connectivity index is 2.11. The predicted molar refractivity (Wildman–Crippen MR) is 79.3 cm³/mol. The molecule has 0 radical (unpaired) electrons. The standard InChI is InChI=1S/C14H19FN2OS/c1-9-13(4-3-7-19-9)17-14-8-11(16-10(2)18)5-6-12(14)15/h5-6,8-9,13,17H,3-4,7H2,1-2H3,(H,16,18). The molecule has 1 fully saturated rings. The third-order valence-corrected chi connectivity index (χ3v) is 4.61. The average Bonchev–Trinajstić information content (AvgIpc) is 2.35. The number of thioether (sulfide) groups is 1. The molecule has 2 rings (SSSR count). The summed E-state index contributed by atoms with van der Waals surface area (Å²) in [7, 11) is 0. The summed E-state index contributed by atoms with van der Waals surface area (Å²) in [5.74, 6) is 0.740. The fourth-order valence-electron chi connectivity index (χ4n) is 2.23. The summed E-state index contributed by atoms with van der Waals surface area (Å²) in [6.07, 6.45) is 2.21. The van der Waals surface area contributed by atoms with Crippen LogP contribution < -0.4 is 10.6 Å². The number of hydrogen-bond donors (Lipinski definition) is 2. The number of nitrogens with one attached hydrogen (secondary N) is 2. The number of hydrogen-bond acceptors (Lipinski definition) is 3. The van der Waals surface area contributed by atoms with E-state index in [1.54, 1.807) is 12.1 Å². The average molecular weight is 282 g/mol. The Kier molecular flexibility index (Phi) is 4.69. The first-order valence-corrected chi connectivity index (χ1v) is 7.56. The van der Waals surface area contributed by atoms with Crippen molar-refractivity contribution < 1.29 is 9.18 Å². The Bertz CT molecular complexity index is 467. The summed E-state index contributed by atoms with van der Waals surface area (Å²) >= 11 is 1.91. The van der Waals surface area contributed by atoms with Crippen molar-refractivity contribution >= 4 is 29.0 Å². The first-order valence-electron chi connectivity index (χ1n) is 6.51.